The monoisotopic (exact) mass is 498 g/mol. The van der Waals surface area contributed by atoms with Gasteiger partial charge < -0.3 is 18.9 Å². The molecule has 192 valence electrons. The smallest absolute Gasteiger partial charge is 0.309 e. The van der Waals surface area contributed by atoms with Gasteiger partial charge in [-0.1, -0.05) is 103 Å². The molecule has 3 aromatic carbocycles. The van der Waals surface area contributed by atoms with Gasteiger partial charge in [0.2, 0.25) is 0 Å². The maximum absolute atomic E-state index is 12.9. The van der Waals surface area contributed by atoms with Crippen molar-refractivity contribution in [3.63, 3.8) is 0 Å². The molecule has 0 saturated heterocycles. The van der Waals surface area contributed by atoms with Gasteiger partial charge in [-0.15, -0.1) is 0 Å². The summed E-state index contributed by atoms with van der Waals surface area (Å²) in [5, 5.41) is 0. The molecular formula is C32H34O5. The van der Waals surface area contributed by atoms with Crippen molar-refractivity contribution in [2.75, 3.05) is 7.11 Å². The molecule has 0 bridgehead atoms. The fraction of sp³-hybridized carbons (Fsp3) is 0.344. The molecule has 0 radical (unpaired) electrons. The van der Waals surface area contributed by atoms with Gasteiger partial charge in [0.1, 0.15) is 6.10 Å². The number of fused-ring (bicyclic) bond motifs is 1. The van der Waals surface area contributed by atoms with Crippen LogP contribution in [0, 0.1) is 17.8 Å². The molecule has 3 aromatic rings. The van der Waals surface area contributed by atoms with Crippen molar-refractivity contribution in [2.24, 2.45) is 17.8 Å². The van der Waals surface area contributed by atoms with Gasteiger partial charge in [0.15, 0.2) is 0 Å². The lowest BCUT2D eigenvalue weighted by atomic mass is 9.76. The molecule has 5 nitrogen and oxygen atoms in total. The molecule has 1 saturated carbocycles. The first-order valence-electron chi connectivity index (χ1n) is 13.0. The lowest BCUT2D eigenvalue weighted by Gasteiger charge is -2.32. The summed E-state index contributed by atoms with van der Waals surface area (Å²) in [7, 11) is 1.46. The zero-order valence-corrected chi connectivity index (χ0v) is 21.1. The molecule has 37 heavy (non-hydrogen) atoms. The normalized spacial score (nSPS) is 26.5. The van der Waals surface area contributed by atoms with E-state index in [4.69, 9.17) is 18.9 Å². The molecular weight excluding hydrogens is 464 g/mol. The Hall–Kier alpha value is -3.25. The summed E-state index contributed by atoms with van der Waals surface area (Å²) in [6.45, 7) is 1.33. The Kier molecular flexibility index (Phi) is 8.46. The Balaban J connectivity index is 1.45. The van der Waals surface area contributed by atoms with E-state index >= 15 is 0 Å². The van der Waals surface area contributed by atoms with Crippen LogP contribution in [-0.2, 0) is 43.6 Å². The fourth-order valence-corrected chi connectivity index (χ4v) is 5.64. The van der Waals surface area contributed by atoms with Crippen LogP contribution in [0.25, 0.3) is 0 Å². The number of ether oxygens (including phenoxy) is 4. The van der Waals surface area contributed by atoms with Crippen molar-refractivity contribution < 1.29 is 23.7 Å². The van der Waals surface area contributed by atoms with Gasteiger partial charge in [-0.25, -0.2) is 0 Å². The number of benzene rings is 3. The average molecular weight is 499 g/mol. The number of hydrogen-bond acceptors (Lipinski definition) is 5. The lowest BCUT2D eigenvalue weighted by molar-refractivity contribution is -0.153. The lowest BCUT2D eigenvalue weighted by Crippen LogP contribution is -2.40. The van der Waals surface area contributed by atoms with Crippen molar-refractivity contribution in [3.8, 4) is 0 Å². The zero-order valence-electron chi connectivity index (χ0n) is 21.1. The molecule has 0 heterocycles. The summed E-state index contributed by atoms with van der Waals surface area (Å²) in [5.74, 6) is -0.655. The Morgan fingerprint density at radius 1 is 0.676 bits per heavy atom. The van der Waals surface area contributed by atoms with Gasteiger partial charge in [-0.3, -0.25) is 4.79 Å². The number of methoxy groups -OCH3 is 1. The average Bonchev–Trinajstić information content (AvgIpc) is 3.27. The van der Waals surface area contributed by atoms with E-state index in [0.717, 1.165) is 16.7 Å². The molecule has 6 atom stereocenters. The van der Waals surface area contributed by atoms with E-state index in [1.165, 1.54) is 7.11 Å². The Bertz CT molecular complexity index is 1150. The van der Waals surface area contributed by atoms with E-state index in [2.05, 4.69) is 36.4 Å². The molecule has 2 aliphatic rings. The van der Waals surface area contributed by atoms with Crippen LogP contribution in [-0.4, -0.2) is 31.4 Å². The van der Waals surface area contributed by atoms with E-state index < -0.39 is 0 Å². The third kappa shape index (κ3) is 6.02. The zero-order chi connectivity index (χ0) is 25.5. The van der Waals surface area contributed by atoms with E-state index in [1.54, 1.807) is 0 Å². The number of hydrogen-bond donors (Lipinski definition) is 0. The third-order valence-corrected chi connectivity index (χ3v) is 7.42. The molecule has 5 rings (SSSR count). The first-order chi connectivity index (χ1) is 18.2. The molecule has 0 spiro atoms. The van der Waals surface area contributed by atoms with Gasteiger partial charge in [0.05, 0.1) is 45.1 Å². The standard InChI is InChI=1S/C32H34O5/c1-34-32(33)27-19-11-18-26-28(27)30(36-21-24-14-7-3-8-15-24)31(37-22-25-16-9-4-10-17-25)29(26)35-20-23-12-5-2-6-13-23/h2-18,26-31H,19-22H2,1H3/t26-,27+,28+,29-,30+,31+/m1/s1. The highest BCUT2D eigenvalue weighted by atomic mass is 16.6. The van der Waals surface area contributed by atoms with Gasteiger partial charge >= 0.3 is 5.97 Å². The van der Waals surface area contributed by atoms with Gasteiger partial charge in [-0.05, 0) is 23.1 Å². The largest absolute Gasteiger partial charge is 0.469 e. The Morgan fingerprint density at radius 3 is 1.62 bits per heavy atom. The van der Waals surface area contributed by atoms with E-state index in [9.17, 15) is 4.79 Å². The summed E-state index contributed by atoms with van der Waals surface area (Å²) in [6.07, 6.45) is 3.94. The summed E-state index contributed by atoms with van der Waals surface area (Å²) >= 11 is 0. The van der Waals surface area contributed by atoms with Crippen LogP contribution in [0.15, 0.2) is 103 Å². The predicted molar refractivity (Wildman–Crippen MR) is 141 cm³/mol. The summed E-state index contributed by atoms with van der Waals surface area (Å²) < 4.78 is 25.1. The molecule has 0 aliphatic heterocycles. The SMILES string of the molecule is COC(=O)[C@H]1CC=C[C@H]2[C@@H](OCc3ccccc3)[C@H](OCc3ccccc3)[C@@H](OCc3ccccc3)[C@@H]21. The number of esters is 1. The topological polar surface area (TPSA) is 54.0 Å². The van der Waals surface area contributed by atoms with Crippen LogP contribution < -0.4 is 0 Å². The molecule has 1 fully saturated rings. The molecule has 5 heteroatoms. The van der Waals surface area contributed by atoms with Crippen molar-refractivity contribution in [1.82, 2.24) is 0 Å². The van der Waals surface area contributed by atoms with Crippen molar-refractivity contribution in [3.05, 3.63) is 120 Å². The van der Waals surface area contributed by atoms with Crippen LogP contribution in [0.4, 0.5) is 0 Å². The van der Waals surface area contributed by atoms with Gasteiger partial charge in [-0.2, -0.15) is 0 Å². The highest BCUT2D eigenvalue weighted by Gasteiger charge is 2.57. The van der Waals surface area contributed by atoms with Crippen LogP contribution in [0.5, 0.6) is 0 Å². The number of carbonyl (C=O) groups is 1. The second kappa shape index (κ2) is 12.3. The minimum atomic E-state index is -0.350. The summed E-state index contributed by atoms with van der Waals surface area (Å²) in [4.78, 5) is 12.9. The molecule has 0 N–H and O–H groups in total. The Morgan fingerprint density at radius 2 is 1.14 bits per heavy atom. The third-order valence-electron chi connectivity index (χ3n) is 7.42. The minimum Gasteiger partial charge on any atom is -0.469 e. The van der Waals surface area contributed by atoms with Crippen LogP contribution in [0.2, 0.25) is 0 Å². The maximum Gasteiger partial charge on any atom is 0.309 e. The summed E-state index contributed by atoms with van der Waals surface area (Å²) in [6, 6.07) is 30.4. The number of carbonyl (C=O) groups excluding carboxylic acids is 1. The maximum atomic E-state index is 12.9. The second-order valence-electron chi connectivity index (χ2n) is 9.73. The highest BCUT2D eigenvalue weighted by molar-refractivity contribution is 5.73. The molecule has 0 amide bonds. The van der Waals surface area contributed by atoms with Crippen molar-refractivity contribution >= 4 is 5.97 Å². The molecule has 2 aliphatic carbocycles. The number of rotatable bonds is 10. The Labute approximate surface area is 219 Å². The van der Waals surface area contributed by atoms with Gasteiger partial charge in [0.25, 0.3) is 0 Å². The summed E-state index contributed by atoms with van der Waals surface area (Å²) in [5.41, 5.74) is 3.26. The van der Waals surface area contributed by atoms with E-state index in [0.29, 0.717) is 26.2 Å². The van der Waals surface area contributed by atoms with Crippen LogP contribution in [0.3, 0.4) is 0 Å². The van der Waals surface area contributed by atoms with Crippen molar-refractivity contribution in [2.45, 2.75) is 44.6 Å². The molecule has 0 unspecified atom stereocenters. The fourth-order valence-electron chi connectivity index (χ4n) is 5.64. The predicted octanol–water partition coefficient (Wildman–Crippen LogP) is 5.74. The quantitative estimate of drug-likeness (QED) is 0.264. The number of allylic oxidation sites excluding steroid dienone is 1. The van der Waals surface area contributed by atoms with E-state index in [-0.39, 0.29) is 42.0 Å². The van der Waals surface area contributed by atoms with Gasteiger partial charge in [0, 0.05) is 11.8 Å². The van der Waals surface area contributed by atoms with Crippen LogP contribution >= 0.6 is 0 Å². The van der Waals surface area contributed by atoms with E-state index in [1.807, 2.05) is 66.7 Å². The minimum absolute atomic E-state index is 0.0249. The highest BCUT2D eigenvalue weighted by Crippen LogP contribution is 2.47. The first-order valence-corrected chi connectivity index (χ1v) is 13.0. The van der Waals surface area contributed by atoms with Crippen molar-refractivity contribution in [1.29, 1.82) is 0 Å². The molecule has 0 aromatic heterocycles. The second-order valence-corrected chi connectivity index (χ2v) is 9.73. The first kappa shape index (κ1) is 25.4. The van der Waals surface area contributed by atoms with Crippen LogP contribution in [0.1, 0.15) is 23.1 Å².